The summed E-state index contributed by atoms with van der Waals surface area (Å²) in [5.41, 5.74) is 2.57. The van der Waals surface area contributed by atoms with Gasteiger partial charge in [-0.1, -0.05) is 45.4 Å². The summed E-state index contributed by atoms with van der Waals surface area (Å²) >= 11 is 0. The van der Waals surface area contributed by atoms with E-state index in [0.29, 0.717) is 11.7 Å². The lowest BCUT2D eigenvalue weighted by Gasteiger charge is -2.38. The van der Waals surface area contributed by atoms with Gasteiger partial charge in [-0.2, -0.15) is 5.21 Å². The first-order valence-electron chi connectivity index (χ1n) is 13.8. The Kier molecular flexibility index (Phi) is 6.32. The highest BCUT2D eigenvalue weighted by atomic mass is 16.7. The van der Waals surface area contributed by atoms with E-state index in [1.807, 2.05) is 24.3 Å². The number of fused-ring (bicyclic) bond motifs is 2. The van der Waals surface area contributed by atoms with Crippen molar-refractivity contribution in [2.75, 3.05) is 12.1 Å². The minimum Gasteiger partial charge on any atom is -0.454 e. The van der Waals surface area contributed by atoms with Crippen molar-refractivity contribution in [1.29, 1.82) is 0 Å². The second-order valence-corrected chi connectivity index (χ2v) is 11.9. The second-order valence-electron chi connectivity index (χ2n) is 11.9. The molecule has 1 fully saturated rings. The van der Waals surface area contributed by atoms with E-state index in [-0.39, 0.29) is 24.2 Å². The predicted octanol–water partition coefficient (Wildman–Crippen LogP) is 5.80. The van der Waals surface area contributed by atoms with Crippen molar-refractivity contribution in [2.24, 2.45) is 11.3 Å². The van der Waals surface area contributed by atoms with Crippen molar-refractivity contribution >= 4 is 22.5 Å². The van der Waals surface area contributed by atoms with Crippen LogP contribution in [0.4, 0.5) is 5.69 Å². The highest BCUT2D eigenvalue weighted by molar-refractivity contribution is 6.02. The van der Waals surface area contributed by atoms with Crippen molar-refractivity contribution in [3.05, 3.63) is 60.0 Å². The number of nitrogens with zero attached hydrogens (tertiary/aromatic N) is 4. The molecule has 9 heteroatoms. The lowest BCUT2D eigenvalue weighted by molar-refractivity contribution is -0.118. The first kappa shape index (κ1) is 25.4. The Labute approximate surface area is 228 Å². The van der Waals surface area contributed by atoms with Crippen LogP contribution in [0.15, 0.2) is 48.7 Å². The standard InChI is InChI=1S/C30H36N6O3/c1-5-22(29(2,3)4)24(9-11-27-32-34-35-33-27)36-15-12-19-16-21(7-8-23(19)36)31-28(37)30(13-14-30)20-6-10-25-26(17-20)39-18-38-25/h6-8,10,12,15-17,22,24H,5,9,11,13-14,18H2,1-4H3,(H,31,37)(H,32,33,34,35). The Bertz CT molecular complexity index is 1480. The van der Waals surface area contributed by atoms with Gasteiger partial charge in [-0.05, 0) is 72.6 Å². The van der Waals surface area contributed by atoms with Crippen LogP contribution in [0.1, 0.15) is 70.8 Å². The topological polar surface area (TPSA) is 107 Å². The minimum atomic E-state index is -0.511. The number of rotatable bonds is 9. The van der Waals surface area contributed by atoms with E-state index in [0.717, 1.165) is 65.8 Å². The molecule has 4 aromatic rings. The molecule has 9 nitrogen and oxygen atoms in total. The van der Waals surface area contributed by atoms with Crippen LogP contribution in [0.25, 0.3) is 10.9 Å². The fourth-order valence-electron chi connectivity index (χ4n) is 6.31. The molecule has 1 saturated carbocycles. The number of amides is 1. The maximum Gasteiger partial charge on any atom is 0.235 e. The van der Waals surface area contributed by atoms with Crippen LogP contribution < -0.4 is 14.8 Å². The van der Waals surface area contributed by atoms with Crippen LogP contribution in [0.3, 0.4) is 0 Å². The molecule has 2 N–H and O–H groups in total. The van der Waals surface area contributed by atoms with E-state index in [9.17, 15) is 4.79 Å². The van der Waals surface area contributed by atoms with Gasteiger partial charge in [0.25, 0.3) is 0 Å². The normalized spacial score (nSPS) is 17.2. The van der Waals surface area contributed by atoms with Crippen molar-refractivity contribution < 1.29 is 14.3 Å². The number of hydrogen-bond donors (Lipinski definition) is 2. The number of tetrazole rings is 1. The molecular weight excluding hydrogens is 492 g/mol. The zero-order valence-electron chi connectivity index (χ0n) is 23.0. The third-order valence-corrected chi connectivity index (χ3v) is 8.51. The van der Waals surface area contributed by atoms with Gasteiger partial charge in [-0.3, -0.25) is 4.79 Å². The fourth-order valence-corrected chi connectivity index (χ4v) is 6.31. The van der Waals surface area contributed by atoms with E-state index in [4.69, 9.17) is 9.47 Å². The SMILES string of the molecule is CCC(C(CCc1nn[nH]n1)n1ccc2cc(NC(=O)C3(c4ccc5c(c4)OCO5)CC3)ccc21)C(C)(C)C. The van der Waals surface area contributed by atoms with E-state index in [2.05, 4.69) is 82.6 Å². The summed E-state index contributed by atoms with van der Waals surface area (Å²) in [6.45, 7) is 9.44. The summed E-state index contributed by atoms with van der Waals surface area (Å²) in [4.78, 5) is 13.5. The number of aromatic amines is 1. The number of benzene rings is 2. The summed E-state index contributed by atoms with van der Waals surface area (Å²) in [5, 5.41) is 18.9. The molecule has 0 saturated heterocycles. The molecule has 0 spiro atoms. The number of H-pyrrole nitrogens is 1. The van der Waals surface area contributed by atoms with Crippen molar-refractivity contribution in [3.63, 3.8) is 0 Å². The van der Waals surface area contributed by atoms with E-state index in [1.54, 1.807) is 0 Å². The first-order valence-corrected chi connectivity index (χ1v) is 13.8. The Morgan fingerprint density at radius 1 is 1.13 bits per heavy atom. The summed E-state index contributed by atoms with van der Waals surface area (Å²) in [6, 6.07) is 14.5. The number of hydrogen-bond acceptors (Lipinski definition) is 6. The molecule has 2 atom stereocenters. The van der Waals surface area contributed by atoms with E-state index < -0.39 is 5.41 Å². The van der Waals surface area contributed by atoms with E-state index >= 15 is 0 Å². The Balaban J connectivity index is 1.25. The van der Waals surface area contributed by atoms with Crippen LogP contribution in [0.2, 0.25) is 0 Å². The van der Waals surface area contributed by atoms with Crippen molar-refractivity contribution in [2.45, 2.75) is 71.3 Å². The summed E-state index contributed by atoms with van der Waals surface area (Å²) in [6.07, 6.45) is 6.56. The molecule has 204 valence electrons. The molecule has 2 aliphatic rings. The summed E-state index contributed by atoms with van der Waals surface area (Å²) in [7, 11) is 0. The minimum absolute atomic E-state index is 0.0249. The summed E-state index contributed by atoms with van der Waals surface area (Å²) < 4.78 is 13.4. The maximum atomic E-state index is 13.5. The molecule has 6 rings (SSSR count). The molecule has 1 amide bonds. The zero-order chi connectivity index (χ0) is 27.2. The number of aryl methyl sites for hydroxylation is 1. The first-order chi connectivity index (χ1) is 18.8. The summed E-state index contributed by atoms with van der Waals surface area (Å²) in [5.74, 6) is 2.66. The zero-order valence-corrected chi connectivity index (χ0v) is 23.0. The highest BCUT2D eigenvalue weighted by Crippen LogP contribution is 2.51. The molecule has 1 aliphatic heterocycles. The molecule has 2 aromatic carbocycles. The molecule has 0 radical (unpaired) electrons. The predicted molar refractivity (Wildman–Crippen MR) is 149 cm³/mol. The van der Waals surface area contributed by atoms with Gasteiger partial charge in [0.15, 0.2) is 17.3 Å². The molecule has 2 unspecified atom stereocenters. The van der Waals surface area contributed by atoms with Gasteiger partial charge >= 0.3 is 0 Å². The largest absolute Gasteiger partial charge is 0.454 e. The second kappa shape index (κ2) is 9.70. The van der Waals surface area contributed by atoms with Gasteiger partial charge in [-0.25, -0.2) is 0 Å². The van der Waals surface area contributed by atoms with Gasteiger partial charge in [-0.15, -0.1) is 10.2 Å². The smallest absolute Gasteiger partial charge is 0.235 e. The van der Waals surface area contributed by atoms with Crippen molar-refractivity contribution in [1.82, 2.24) is 25.2 Å². The van der Waals surface area contributed by atoms with Crippen LogP contribution >= 0.6 is 0 Å². The van der Waals surface area contributed by atoms with Crippen LogP contribution in [0, 0.1) is 11.3 Å². The highest BCUT2D eigenvalue weighted by Gasteiger charge is 2.51. The Morgan fingerprint density at radius 3 is 2.67 bits per heavy atom. The maximum absolute atomic E-state index is 13.5. The molecule has 1 aliphatic carbocycles. The Hall–Kier alpha value is -3.88. The third kappa shape index (κ3) is 4.75. The average Bonchev–Trinajstić information content (AvgIpc) is 3.25. The Morgan fingerprint density at radius 2 is 1.95 bits per heavy atom. The number of nitrogens with one attached hydrogen (secondary N) is 2. The lowest BCUT2D eigenvalue weighted by Crippen LogP contribution is -2.30. The molecule has 3 heterocycles. The number of carbonyl (C=O) groups is 1. The van der Waals surface area contributed by atoms with Gasteiger partial charge in [0.05, 0.1) is 5.41 Å². The van der Waals surface area contributed by atoms with E-state index in [1.165, 1.54) is 0 Å². The molecule has 0 bridgehead atoms. The molecular formula is C30H36N6O3. The number of ether oxygens (including phenoxy) is 2. The number of aromatic nitrogens is 5. The van der Waals surface area contributed by atoms with Crippen LogP contribution in [-0.4, -0.2) is 37.9 Å². The van der Waals surface area contributed by atoms with Gasteiger partial charge < -0.3 is 19.4 Å². The fraction of sp³-hybridized carbons (Fsp3) is 0.467. The molecule has 2 aromatic heterocycles. The van der Waals surface area contributed by atoms with Gasteiger partial charge in [0, 0.05) is 35.2 Å². The van der Waals surface area contributed by atoms with Gasteiger partial charge in [0.1, 0.15) is 0 Å². The number of anilines is 1. The molecule has 39 heavy (non-hydrogen) atoms. The quantitative estimate of drug-likeness (QED) is 0.284. The van der Waals surface area contributed by atoms with Crippen LogP contribution in [-0.2, 0) is 16.6 Å². The lowest BCUT2D eigenvalue weighted by atomic mass is 9.73. The van der Waals surface area contributed by atoms with Crippen molar-refractivity contribution in [3.8, 4) is 11.5 Å². The van der Waals surface area contributed by atoms with Gasteiger partial charge in [0.2, 0.25) is 12.7 Å². The number of carbonyl (C=O) groups excluding carboxylic acids is 1. The third-order valence-electron chi connectivity index (χ3n) is 8.51. The van der Waals surface area contributed by atoms with Crippen LogP contribution in [0.5, 0.6) is 11.5 Å². The average molecular weight is 529 g/mol. The monoisotopic (exact) mass is 528 g/mol.